The zero-order chi connectivity index (χ0) is 25.1. The van der Waals surface area contributed by atoms with Gasteiger partial charge in [-0.25, -0.2) is 9.79 Å². The quantitative estimate of drug-likeness (QED) is 0.459. The highest BCUT2D eigenvalue weighted by atomic mass is 79.9. The van der Waals surface area contributed by atoms with Crippen LogP contribution in [0.5, 0.6) is 5.75 Å². The number of benzene rings is 2. The minimum Gasteiger partial charge on any atom is -0.497 e. The third-order valence-corrected chi connectivity index (χ3v) is 6.58. The van der Waals surface area contributed by atoms with Gasteiger partial charge in [0, 0.05) is 16.8 Å². The van der Waals surface area contributed by atoms with E-state index in [0.717, 1.165) is 11.8 Å². The summed E-state index contributed by atoms with van der Waals surface area (Å²) in [7, 11) is 1.56. The fourth-order valence-electron chi connectivity index (χ4n) is 3.71. The number of nitrogens with zero attached hydrogens (tertiary/aromatic N) is 2. The number of hydrogen-bond donors (Lipinski definition) is 1. The van der Waals surface area contributed by atoms with Crippen LogP contribution >= 0.6 is 40.3 Å². The van der Waals surface area contributed by atoms with Gasteiger partial charge >= 0.3 is 5.97 Å². The van der Waals surface area contributed by atoms with Gasteiger partial charge in [0.2, 0.25) is 0 Å². The van der Waals surface area contributed by atoms with Crippen LogP contribution < -0.4 is 10.1 Å². The van der Waals surface area contributed by atoms with Crippen molar-refractivity contribution in [3.63, 3.8) is 0 Å². The van der Waals surface area contributed by atoms with Crippen molar-refractivity contribution in [2.45, 2.75) is 19.9 Å². The molecular formula is C25H23BrClN3O5S. The normalized spacial score (nSPS) is 16.8. The van der Waals surface area contributed by atoms with Crippen molar-refractivity contribution in [2.24, 2.45) is 4.99 Å². The van der Waals surface area contributed by atoms with Crippen LogP contribution in [0.2, 0.25) is 5.02 Å². The largest absolute Gasteiger partial charge is 0.497 e. The van der Waals surface area contributed by atoms with Gasteiger partial charge in [-0.05, 0) is 67.6 Å². The zero-order valence-electron chi connectivity index (χ0n) is 19.6. The summed E-state index contributed by atoms with van der Waals surface area (Å²) in [5.74, 6) is -0.843. The number of aliphatic imine (C=N–C) groups is 1. The predicted octanol–water partition coefficient (Wildman–Crippen LogP) is 5.27. The van der Waals surface area contributed by atoms with E-state index < -0.39 is 23.8 Å². The van der Waals surface area contributed by atoms with Gasteiger partial charge in [-0.3, -0.25) is 14.5 Å². The van der Waals surface area contributed by atoms with E-state index in [1.165, 1.54) is 11.0 Å². The number of amidine groups is 1. The Morgan fingerprint density at radius 3 is 2.42 bits per heavy atom. The second kappa shape index (κ2) is 11.8. The van der Waals surface area contributed by atoms with Crippen molar-refractivity contribution >= 4 is 69.0 Å². The second-order valence-electron chi connectivity index (χ2n) is 7.57. The molecule has 11 heteroatoms. The molecule has 0 saturated carbocycles. The number of carbonyl (C=O) groups is 3. The number of allylic oxidation sites excluding steroid dienone is 1. The topological polar surface area (TPSA) is 97.3 Å². The molecule has 2 aliphatic heterocycles. The van der Waals surface area contributed by atoms with Crippen LogP contribution in [0, 0.1) is 0 Å². The Balaban J connectivity index is 0.00000361. The first-order valence-electron chi connectivity index (χ1n) is 10.7. The van der Waals surface area contributed by atoms with Crippen molar-refractivity contribution in [3.05, 3.63) is 81.4 Å². The Labute approximate surface area is 228 Å². The maximum atomic E-state index is 13.3. The maximum Gasteiger partial charge on any atom is 0.338 e. The summed E-state index contributed by atoms with van der Waals surface area (Å²) in [6.45, 7) is 3.58. The molecule has 2 aliphatic rings. The summed E-state index contributed by atoms with van der Waals surface area (Å²) in [6, 6.07) is 12.9. The fraction of sp³-hybridized carbons (Fsp3) is 0.200. The molecule has 36 heavy (non-hydrogen) atoms. The molecule has 1 unspecified atom stereocenters. The smallest absolute Gasteiger partial charge is 0.338 e. The van der Waals surface area contributed by atoms with Gasteiger partial charge in [0.25, 0.3) is 11.8 Å². The molecule has 0 radical (unpaired) electrons. The van der Waals surface area contributed by atoms with E-state index in [-0.39, 0.29) is 34.1 Å². The van der Waals surface area contributed by atoms with Crippen molar-refractivity contribution < 1.29 is 23.9 Å². The van der Waals surface area contributed by atoms with Gasteiger partial charge in [0.05, 0.1) is 35.9 Å². The number of halogens is 2. The highest BCUT2D eigenvalue weighted by Gasteiger charge is 2.42. The number of carbonyl (C=O) groups excluding carboxylic acids is 3. The number of rotatable bonds is 6. The Morgan fingerprint density at radius 1 is 1.14 bits per heavy atom. The number of ether oxygens (including phenoxy) is 2. The van der Waals surface area contributed by atoms with Crippen molar-refractivity contribution in [1.82, 2.24) is 4.90 Å². The number of hydrogen-bond acceptors (Lipinski definition) is 7. The summed E-state index contributed by atoms with van der Waals surface area (Å²) in [6.07, 6.45) is 1.24. The number of methoxy groups -OCH3 is 1. The highest BCUT2D eigenvalue weighted by molar-refractivity contribution is 8.93. The first-order valence-corrected chi connectivity index (χ1v) is 11.9. The Morgan fingerprint density at radius 2 is 1.81 bits per heavy atom. The molecule has 0 saturated heterocycles. The number of fused-ring (bicyclic) bond motifs is 1. The van der Waals surface area contributed by atoms with Crippen LogP contribution in [-0.2, 0) is 19.1 Å². The highest BCUT2D eigenvalue weighted by Crippen LogP contribution is 2.42. The van der Waals surface area contributed by atoms with Crippen molar-refractivity contribution in [1.29, 1.82) is 0 Å². The summed E-state index contributed by atoms with van der Waals surface area (Å²) in [5.41, 5.74) is 1.89. The lowest BCUT2D eigenvalue weighted by Gasteiger charge is -2.38. The summed E-state index contributed by atoms with van der Waals surface area (Å²) >= 11 is 6.96. The third kappa shape index (κ3) is 5.66. The molecule has 4 rings (SSSR count). The number of thioether (sulfide) groups is 1. The fourth-order valence-corrected chi connectivity index (χ4v) is 4.81. The first-order chi connectivity index (χ1) is 16.8. The maximum absolute atomic E-state index is 13.3. The van der Waals surface area contributed by atoms with E-state index in [4.69, 9.17) is 21.1 Å². The monoisotopic (exact) mass is 591 g/mol. The van der Waals surface area contributed by atoms with Gasteiger partial charge in [0.1, 0.15) is 5.75 Å². The van der Waals surface area contributed by atoms with E-state index in [0.29, 0.717) is 32.9 Å². The lowest BCUT2D eigenvalue weighted by Crippen LogP contribution is -2.45. The minimum atomic E-state index is -0.774. The summed E-state index contributed by atoms with van der Waals surface area (Å²) in [5, 5.41) is 3.59. The molecule has 0 spiro atoms. The molecule has 188 valence electrons. The van der Waals surface area contributed by atoms with E-state index in [1.54, 1.807) is 69.5 Å². The van der Waals surface area contributed by atoms with Crippen LogP contribution in [0.25, 0.3) is 0 Å². The minimum absolute atomic E-state index is 0. The van der Waals surface area contributed by atoms with Gasteiger partial charge in [-0.2, -0.15) is 0 Å². The van der Waals surface area contributed by atoms with Crippen LogP contribution in [0.3, 0.4) is 0 Å². The lowest BCUT2D eigenvalue weighted by molar-refractivity contribution is -0.139. The van der Waals surface area contributed by atoms with E-state index >= 15 is 0 Å². The molecule has 2 aromatic carbocycles. The molecule has 1 N–H and O–H groups in total. The average Bonchev–Trinajstić information content (AvgIpc) is 2.84. The standard InChI is InChI=1S/C25H22ClN3O5S.BrH/c1-4-34-24(32)21-14(2)27-25-29(22(21)15-5-11-18(33-3)12-6-15)20(30)13-19(35-25)23(31)28-17-9-7-16(26)8-10-17;/h5-13,22H,4H2,1-3H3,(H,28,31);1H. The average molecular weight is 593 g/mol. The molecule has 0 fully saturated rings. The third-order valence-electron chi connectivity index (χ3n) is 5.34. The summed E-state index contributed by atoms with van der Waals surface area (Å²) in [4.78, 5) is 45.2. The van der Waals surface area contributed by atoms with Gasteiger partial charge < -0.3 is 14.8 Å². The molecule has 1 atom stereocenters. The number of nitrogens with one attached hydrogen (secondary N) is 1. The molecule has 0 aromatic heterocycles. The van der Waals surface area contributed by atoms with Crippen LogP contribution in [0.1, 0.15) is 25.5 Å². The Kier molecular flexibility index (Phi) is 8.99. The number of amides is 2. The van der Waals surface area contributed by atoms with Crippen LogP contribution in [0.15, 0.2) is 75.8 Å². The van der Waals surface area contributed by atoms with Crippen LogP contribution in [0.4, 0.5) is 5.69 Å². The molecule has 8 nitrogen and oxygen atoms in total. The van der Waals surface area contributed by atoms with E-state index in [9.17, 15) is 14.4 Å². The number of esters is 1. The first kappa shape index (κ1) is 27.5. The van der Waals surface area contributed by atoms with Gasteiger partial charge in [-0.15, -0.1) is 17.0 Å². The van der Waals surface area contributed by atoms with Crippen LogP contribution in [-0.4, -0.2) is 41.6 Å². The van der Waals surface area contributed by atoms with Crippen molar-refractivity contribution in [2.75, 3.05) is 19.0 Å². The SMILES string of the molecule is Br.CCOC(=O)C1=C(C)N=C2SC(C(=O)Nc3ccc(Cl)cc3)=CC(=O)N2C1c1ccc(OC)cc1. The van der Waals surface area contributed by atoms with Gasteiger partial charge in [-0.1, -0.05) is 23.7 Å². The molecule has 0 bridgehead atoms. The van der Waals surface area contributed by atoms with Crippen molar-refractivity contribution in [3.8, 4) is 5.75 Å². The molecule has 2 heterocycles. The second-order valence-corrected chi connectivity index (χ2v) is 9.02. The van der Waals surface area contributed by atoms with E-state index in [1.807, 2.05) is 0 Å². The molecule has 0 aliphatic carbocycles. The number of anilines is 1. The zero-order valence-corrected chi connectivity index (χ0v) is 22.9. The van der Waals surface area contributed by atoms with E-state index in [2.05, 4.69) is 10.3 Å². The Bertz CT molecular complexity index is 1280. The van der Waals surface area contributed by atoms with Gasteiger partial charge in [0.15, 0.2) is 5.17 Å². The molecule has 2 amide bonds. The predicted molar refractivity (Wildman–Crippen MR) is 145 cm³/mol. The molecular weight excluding hydrogens is 570 g/mol. The Hall–Kier alpha value is -3.08. The lowest BCUT2D eigenvalue weighted by atomic mass is 9.94. The summed E-state index contributed by atoms with van der Waals surface area (Å²) < 4.78 is 10.5. The molecule has 2 aromatic rings.